The van der Waals surface area contributed by atoms with Crippen molar-refractivity contribution in [3.8, 4) is 0 Å². The molecule has 8 heteroatoms. The molecule has 1 aliphatic heterocycles. The van der Waals surface area contributed by atoms with Crippen molar-refractivity contribution in [3.05, 3.63) is 30.1 Å². The molecule has 0 unspecified atom stereocenters. The van der Waals surface area contributed by atoms with Gasteiger partial charge in [0.1, 0.15) is 12.4 Å². The highest BCUT2D eigenvalue weighted by Crippen LogP contribution is 2.50. The van der Waals surface area contributed by atoms with E-state index in [1.165, 1.54) is 24.6 Å². The third kappa shape index (κ3) is 3.16. The molecule has 28 heavy (non-hydrogen) atoms. The Kier molecular flexibility index (Phi) is 4.64. The SMILES string of the molecule is C[C@H]([C@@H]1C[C@H]2CC[C@H]1C2)N1C(=O)C(=O)N(CC(=O)Nc2cccc(F)c2)C1=O. The molecule has 5 amide bonds. The zero-order chi connectivity index (χ0) is 20.0. The fourth-order valence-electron chi connectivity index (χ4n) is 5.01. The fourth-order valence-corrected chi connectivity index (χ4v) is 5.01. The van der Waals surface area contributed by atoms with Gasteiger partial charge in [-0.15, -0.1) is 0 Å². The van der Waals surface area contributed by atoms with Crippen LogP contribution in [0, 0.1) is 23.6 Å². The molecule has 0 spiro atoms. The summed E-state index contributed by atoms with van der Waals surface area (Å²) in [5.41, 5.74) is 0.211. The van der Waals surface area contributed by atoms with Crippen molar-refractivity contribution < 1.29 is 23.6 Å². The second-order valence-corrected chi connectivity index (χ2v) is 7.99. The molecule has 1 aromatic rings. The van der Waals surface area contributed by atoms with Crippen LogP contribution in [0.1, 0.15) is 32.6 Å². The number of nitrogens with zero attached hydrogens (tertiary/aromatic N) is 2. The molecule has 148 valence electrons. The summed E-state index contributed by atoms with van der Waals surface area (Å²) in [5.74, 6) is -1.72. The van der Waals surface area contributed by atoms with E-state index in [2.05, 4.69) is 5.32 Å². The van der Waals surface area contributed by atoms with Crippen LogP contribution in [0.5, 0.6) is 0 Å². The summed E-state index contributed by atoms with van der Waals surface area (Å²) >= 11 is 0. The molecule has 1 saturated heterocycles. The van der Waals surface area contributed by atoms with Gasteiger partial charge in [-0.1, -0.05) is 12.5 Å². The lowest BCUT2D eigenvalue weighted by Crippen LogP contribution is -2.45. The van der Waals surface area contributed by atoms with E-state index in [4.69, 9.17) is 0 Å². The minimum Gasteiger partial charge on any atom is -0.324 e. The van der Waals surface area contributed by atoms with Crippen LogP contribution in [0.15, 0.2) is 24.3 Å². The first-order chi connectivity index (χ1) is 13.3. The molecule has 0 radical (unpaired) electrons. The van der Waals surface area contributed by atoms with Gasteiger partial charge in [0, 0.05) is 11.7 Å². The van der Waals surface area contributed by atoms with E-state index in [-0.39, 0.29) is 17.6 Å². The Hall–Kier alpha value is -2.77. The average molecular weight is 387 g/mol. The van der Waals surface area contributed by atoms with Gasteiger partial charge in [0.05, 0.1) is 0 Å². The minimum atomic E-state index is -0.991. The van der Waals surface area contributed by atoms with Crippen molar-refractivity contribution in [2.24, 2.45) is 17.8 Å². The number of anilines is 1. The van der Waals surface area contributed by atoms with Crippen LogP contribution in [-0.2, 0) is 14.4 Å². The fraction of sp³-hybridized carbons (Fsp3) is 0.500. The second kappa shape index (κ2) is 7.00. The molecule has 1 aromatic carbocycles. The highest BCUT2D eigenvalue weighted by molar-refractivity contribution is 6.45. The molecule has 1 N–H and O–H groups in total. The highest BCUT2D eigenvalue weighted by Gasteiger charge is 2.52. The molecule has 0 aromatic heterocycles. The molecule has 3 aliphatic rings. The van der Waals surface area contributed by atoms with E-state index in [0.29, 0.717) is 16.7 Å². The molecule has 4 atom stereocenters. The van der Waals surface area contributed by atoms with Gasteiger partial charge in [-0.25, -0.2) is 14.1 Å². The topological polar surface area (TPSA) is 86.8 Å². The maximum Gasteiger partial charge on any atom is 0.334 e. The summed E-state index contributed by atoms with van der Waals surface area (Å²) < 4.78 is 13.2. The largest absolute Gasteiger partial charge is 0.334 e. The number of carbonyl (C=O) groups excluding carboxylic acids is 4. The number of benzene rings is 1. The van der Waals surface area contributed by atoms with Gasteiger partial charge in [-0.05, 0) is 62.1 Å². The van der Waals surface area contributed by atoms with Crippen LogP contribution in [0.4, 0.5) is 14.9 Å². The summed E-state index contributed by atoms with van der Waals surface area (Å²) in [5, 5.41) is 2.43. The molecular formula is C20H22FN3O4. The standard InChI is InChI=1S/C20H22FN3O4/c1-11(16-8-12-5-6-13(16)7-12)24-19(27)18(26)23(20(24)28)10-17(25)22-15-4-2-3-14(21)9-15/h2-4,9,11-13,16H,5-8,10H2,1H3,(H,22,25)/t11-,12+,13+,16+/m1/s1. The van der Waals surface area contributed by atoms with Crippen LogP contribution in [0.3, 0.4) is 0 Å². The van der Waals surface area contributed by atoms with Crippen molar-refractivity contribution in [2.75, 3.05) is 11.9 Å². The zero-order valence-corrected chi connectivity index (χ0v) is 15.6. The van der Waals surface area contributed by atoms with Crippen LogP contribution >= 0.6 is 0 Å². The molecule has 1 heterocycles. The quantitative estimate of drug-likeness (QED) is 0.621. The molecule has 4 rings (SSSR count). The smallest absolute Gasteiger partial charge is 0.324 e. The van der Waals surface area contributed by atoms with Gasteiger partial charge >= 0.3 is 17.8 Å². The number of halogens is 1. The summed E-state index contributed by atoms with van der Waals surface area (Å²) in [4.78, 5) is 51.4. The van der Waals surface area contributed by atoms with Gasteiger partial charge in [0.15, 0.2) is 0 Å². The van der Waals surface area contributed by atoms with Crippen molar-refractivity contribution in [3.63, 3.8) is 0 Å². The first-order valence-electron chi connectivity index (χ1n) is 9.59. The van der Waals surface area contributed by atoms with Gasteiger partial charge in [0.25, 0.3) is 0 Å². The lowest BCUT2D eigenvalue weighted by molar-refractivity contribution is -0.144. The van der Waals surface area contributed by atoms with E-state index in [0.717, 1.165) is 30.2 Å². The molecule has 7 nitrogen and oxygen atoms in total. The maximum atomic E-state index is 13.2. The van der Waals surface area contributed by atoms with Crippen molar-refractivity contribution >= 4 is 29.4 Å². The first-order valence-corrected chi connectivity index (χ1v) is 9.59. The predicted octanol–water partition coefficient (Wildman–Crippen LogP) is 2.38. The normalized spacial score (nSPS) is 27.6. The monoisotopic (exact) mass is 387 g/mol. The Morgan fingerprint density at radius 1 is 1.21 bits per heavy atom. The van der Waals surface area contributed by atoms with Crippen LogP contribution in [0.2, 0.25) is 0 Å². The highest BCUT2D eigenvalue weighted by atomic mass is 19.1. The van der Waals surface area contributed by atoms with E-state index >= 15 is 0 Å². The minimum absolute atomic E-state index is 0.209. The number of amides is 5. The van der Waals surface area contributed by atoms with Gasteiger partial charge in [-0.2, -0.15) is 0 Å². The number of nitrogens with one attached hydrogen (secondary N) is 1. The molecule has 2 bridgehead atoms. The number of urea groups is 1. The Morgan fingerprint density at radius 3 is 2.64 bits per heavy atom. The lowest BCUT2D eigenvalue weighted by atomic mass is 9.83. The van der Waals surface area contributed by atoms with Crippen LogP contribution in [-0.4, -0.2) is 46.1 Å². The molecule has 2 saturated carbocycles. The third-order valence-corrected chi connectivity index (χ3v) is 6.31. The summed E-state index contributed by atoms with van der Waals surface area (Å²) in [7, 11) is 0. The number of hydrogen-bond acceptors (Lipinski definition) is 4. The summed E-state index contributed by atoms with van der Waals surface area (Å²) in [6.07, 6.45) is 4.39. The molecule has 2 aliphatic carbocycles. The van der Waals surface area contributed by atoms with Gasteiger partial charge < -0.3 is 5.32 Å². The number of carbonyl (C=O) groups is 4. The van der Waals surface area contributed by atoms with E-state index in [1.807, 2.05) is 6.92 Å². The number of rotatable bonds is 5. The van der Waals surface area contributed by atoms with Crippen LogP contribution in [0.25, 0.3) is 0 Å². The maximum absolute atomic E-state index is 13.2. The zero-order valence-electron chi connectivity index (χ0n) is 15.6. The predicted molar refractivity (Wildman–Crippen MR) is 97.4 cm³/mol. The number of hydrogen-bond donors (Lipinski definition) is 1. The summed E-state index contributed by atoms with van der Waals surface area (Å²) in [6, 6.07) is 4.16. The average Bonchev–Trinajstić information content (AvgIpc) is 3.33. The van der Waals surface area contributed by atoms with Gasteiger partial charge in [0.2, 0.25) is 5.91 Å². The third-order valence-electron chi connectivity index (χ3n) is 6.31. The first kappa shape index (κ1) is 18.6. The summed E-state index contributed by atoms with van der Waals surface area (Å²) in [6.45, 7) is 1.23. The number of imide groups is 2. The van der Waals surface area contributed by atoms with Gasteiger partial charge in [-0.3, -0.25) is 19.3 Å². The van der Waals surface area contributed by atoms with E-state index in [1.54, 1.807) is 0 Å². The van der Waals surface area contributed by atoms with E-state index in [9.17, 15) is 23.6 Å². The number of fused-ring (bicyclic) bond motifs is 2. The second-order valence-electron chi connectivity index (χ2n) is 7.99. The molecular weight excluding hydrogens is 365 g/mol. The van der Waals surface area contributed by atoms with Crippen molar-refractivity contribution in [1.29, 1.82) is 0 Å². The van der Waals surface area contributed by atoms with Crippen molar-refractivity contribution in [2.45, 2.75) is 38.6 Å². The Bertz CT molecular complexity index is 858. The van der Waals surface area contributed by atoms with Crippen LogP contribution < -0.4 is 5.32 Å². The Labute approximate surface area is 161 Å². The van der Waals surface area contributed by atoms with E-state index < -0.39 is 36.1 Å². The Balaban J connectivity index is 1.44. The van der Waals surface area contributed by atoms with Crippen molar-refractivity contribution in [1.82, 2.24) is 9.80 Å². The Morgan fingerprint density at radius 2 is 2.00 bits per heavy atom. The lowest BCUT2D eigenvalue weighted by Gasteiger charge is -2.32. The molecule has 3 fully saturated rings.